The summed E-state index contributed by atoms with van der Waals surface area (Å²) in [6, 6.07) is 15.4. The molecular formula is C21H19BrFN3O2. The molecule has 0 bridgehead atoms. The molecule has 1 N–H and O–H groups in total. The summed E-state index contributed by atoms with van der Waals surface area (Å²) in [5.74, 6) is 1.57. The molecule has 0 atom stereocenters. The van der Waals surface area contributed by atoms with Gasteiger partial charge in [0.15, 0.2) is 11.5 Å². The summed E-state index contributed by atoms with van der Waals surface area (Å²) in [6.07, 6.45) is 3.36. The highest BCUT2D eigenvalue weighted by molar-refractivity contribution is 9.10. The Hall–Kier alpha value is -2.93. The van der Waals surface area contributed by atoms with Gasteiger partial charge in [-0.1, -0.05) is 18.2 Å². The minimum Gasteiger partial charge on any atom is -0.490 e. The molecule has 0 fully saturated rings. The minimum absolute atomic E-state index is 0.274. The van der Waals surface area contributed by atoms with Gasteiger partial charge in [-0.15, -0.1) is 0 Å². The van der Waals surface area contributed by atoms with Gasteiger partial charge in [0.05, 0.1) is 12.8 Å². The lowest BCUT2D eigenvalue weighted by Gasteiger charge is -2.14. The van der Waals surface area contributed by atoms with Crippen LogP contribution in [0.5, 0.6) is 11.5 Å². The maximum Gasteiger partial charge on any atom is 0.162 e. The third kappa shape index (κ3) is 5.53. The van der Waals surface area contributed by atoms with Crippen molar-refractivity contribution in [2.75, 3.05) is 12.0 Å². The van der Waals surface area contributed by atoms with Crippen LogP contribution in [0.2, 0.25) is 0 Å². The number of hydrogen-bond acceptors (Lipinski definition) is 5. The fourth-order valence-electron chi connectivity index (χ4n) is 2.37. The van der Waals surface area contributed by atoms with E-state index < -0.39 is 0 Å². The van der Waals surface area contributed by atoms with Gasteiger partial charge in [0, 0.05) is 16.2 Å². The topological polar surface area (TPSA) is 55.7 Å². The fraction of sp³-hybridized carbons (Fsp3) is 0.143. The van der Waals surface area contributed by atoms with Crippen molar-refractivity contribution < 1.29 is 13.9 Å². The molecule has 2 aromatic carbocycles. The molecule has 144 valence electrons. The van der Waals surface area contributed by atoms with Gasteiger partial charge < -0.3 is 9.47 Å². The smallest absolute Gasteiger partial charge is 0.162 e. The number of nitrogens with one attached hydrogen (secondary N) is 1. The van der Waals surface area contributed by atoms with E-state index in [1.54, 1.807) is 24.5 Å². The van der Waals surface area contributed by atoms with Crippen molar-refractivity contribution >= 4 is 28.0 Å². The Labute approximate surface area is 171 Å². The Morgan fingerprint density at radius 3 is 2.61 bits per heavy atom. The predicted octanol–water partition coefficient (Wildman–Crippen LogP) is 5.41. The van der Waals surface area contributed by atoms with Crippen LogP contribution in [0.15, 0.2) is 70.4 Å². The Morgan fingerprint density at radius 1 is 1.11 bits per heavy atom. The number of aromatic nitrogens is 1. The molecule has 3 rings (SSSR count). The van der Waals surface area contributed by atoms with E-state index in [1.807, 2.05) is 37.3 Å². The van der Waals surface area contributed by atoms with Crippen molar-refractivity contribution in [3.63, 3.8) is 0 Å². The number of pyridine rings is 1. The van der Waals surface area contributed by atoms with E-state index in [2.05, 4.69) is 31.4 Å². The summed E-state index contributed by atoms with van der Waals surface area (Å²) in [6.45, 7) is 2.71. The van der Waals surface area contributed by atoms with Crippen LogP contribution in [0.25, 0.3) is 0 Å². The SMILES string of the molecule is CCOc1cc(/C=N/Nc2ccccn2)c(Br)cc1OCc1ccc(F)cc1. The molecule has 0 unspecified atom stereocenters. The van der Waals surface area contributed by atoms with Gasteiger partial charge in [-0.2, -0.15) is 5.10 Å². The molecule has 3 aromatic rings. The Balaban J connectivity index is 1.74. The van der Waals surface area contributed by atoms with Crippen LogP contribution in [0.3, 0.4) is 0 Å². The number of halogens is 2. The minimum atomic E-state index is -0.274. The molecule has 1 heterocycles. The summed E-state index contributed by atoms with van der Waals surface area (Å²) in [4.78, 5) is 4.15. The first-order valence-electron chi connectivity index (χ1n) is 8.69. The predicted molar refractivity (Wildman–Crippen MR) is 111 cm³/mol. The lowest BCUT2D eigenvalue weighted by atomic mass is 10.2. The van der Waals surface area contributed by atoms with Gasteiger partial charge in [0.1, 0.15) is 18.2 Å². The average molecular weight is 444 g/mol. The van der Waals surface area contributed by atoms with Crippen molar-refractivity contribution in [1.29, 1.82) is 0 Å². The second-order valence-corrected chi connectivity index (χ2v) is 6.61. The number of ether oxygens (including phenoxy) is 2. The quantitative estimate of drug-likeness (QED) is 0.373. The monoisotopic (exact) mass is 443 g/mol. The highest BCUT2D eigenvalue weighted by Gasteiger charge is 2.10. The summed E-state index contributed by atoms with van der Waals surface area (Å²) in [7, 11) is 0. The Bertz CT molecular complexity index is 934. The number of hydrogen-bond donors (Lipinski definition) is 1. The molecular weight excluding hydrogens is 425 g/mol. The van der Waals surface area contributed by atoms with Gasteiger partial charge >= 0.3 is 0 Å². The van der Waals surface area contributed by atoms with Gasteiger partial charge in [-0.05, 0) is 64.8 Å². The van der Waals surface area contributed by atoms with Crippen molar-refractivity contribution in [3.05, 3.63) is 82.2 Å². The summed E-state index contributed by atoms with van der Waals surface area (Å²) in [5, 5.41) is 4.21. The molecule has 0 aliphatic carbocycles. The molecule has 28 heavy (non-hydrogen) atoms. The van der Waals surface area contributed by atoms with Crippen LogP contribution in [0, 0.1) is 5.82 Å². The zero-order valence-electron chi connectivity index (χ0n) is 15.2. The Morgan fingerprint density at radius 2 is 1.89 bits per heavy atom. The number of benzene rings is 2. The third-order valence-electron chi connectivity index (χ3n) is 3.72. The maximum absolute atomic E-state index is 13.0. The highest BCUT2D eigenvalue weighted by atomic mass is 79.9. The van der Waals surface area contributed by atoms with Gasteiger partial charge in [0.25, 0.3) is 0 Å². The molecule has 0 spiro atoms. The van der Waals surface area contributed by atoms with Crippen LogP contribution in [0.1, 0.15) is 18.1 Å². The number of nitrogens with zero attached hydrogens (tertiary/aromatic N) is 2. The first-order valence-corrected chi connectivity index (χ1v) is 9.48. The largest absolute Gasteiger partial charge is 0.490 e. The lowest BCUT2D eigenvalue weighted by molar-refractivity contribution is 0.269. The van der Waals surface area contributed by atoms with Crippen molar-refractivity contribution in [2.45, 2.75) is 13.5 Å². The molecule has 0 saturated carbocycles. The maximum atomic E-state index is 13.0. The van der Waals surface area contributed by atoms with E-state index in [1.165, 1.54) is 12.1 Å². The zero-order valence-corrected chi connectivity index (χ0v) is 16.8. The molecule has 7 heteroatoms. The van der Waals surface area contributed by atoms with E-state index in [-0.39, 0.29) is 5.82 Å². The van der Waals surface area contributed by atoms with E-state index in [0.29, 0.717) is 30.5 Å². The van der Waals surface area contributed by atoms with E-state index in [4.69, 9.17) is 9.47 Å². The number of anilines is 1. The molecule has 5 nitrogen and oxygen atoms in total. The molecule has 0 aliphatic heterocycles. The second-order valence-electron chi connectivity index (χ2n) is 5.75. The summed E-state index contributed by atoms with van der Waals surface area (Å²) >= 11 is 3.53. The lowest BCUT2D eigenvalue weighted by Crippen LogP contribution is -2.01. The molecule has 0 amide bonds. The molecule has 1 aromatic heterocycles. The van der Waals surface area contributed by atoms with Gasteiger partial charge in [-0.25, -0.2) is 9.37 Å². The van der Waals surface area contributed by atoms with Crippen LogP contribution < -0.4 is 14.9 Å². The molecule has 0 saturated heterocycles. The standard InChI is InChI=1S/C21H19BrFN3O2/c1-2-27-19-11-16(13-25-26-21-5-3-4-10-24-21)18(22)12-20(19)28-14-15-6-8-17(23)9-7-15/h3-13H,2,14H2,1H3,(H,24,26)/b25-13+. The van der Waals surface area contributed by atoms with Crippen LogP contribution in [0.4, 0.5) is 10.2 Å². The summed E-state index contributed by atoms with van der Waals surface area (Å²) < 4.78 is 25.4. The normalized spacial score (nSPS) is 10.8. The zero-order chi connectivity index (χ0) is 19.8. The molecule has 0 radical (unpaired) electrons. The highest BCUT2D eigenvalue weighted by Crippen LogP contribution is 2.34. The van der Waals surface area contributed by atoms with Gasteiger partial charge in [-0.3, -0.25) is 5.43 Å². The summed E-state index contributed by atoms with van der Waals surface area (Å²) in [5.41, 5.74) is 4.56. The van der Waals surface area contributed by atoms with Crippen LogP contribution >= 0.6 is 15.9 Å². The first-order chi connectivity index (χ1) is 13.7. The fourth-order valence-corrected chi connectivity index (χ4v) is 2.79. The van der Waals surface area contributed by atoms with Crippen molar-refractivity contribution in [2.24, 2.45) is 5.10 Å². The second kappa shape index (κ2) is 9.85. The number of rotatable bonds is 8. The Kier molecular flexibility index (Phi) is 6.97. The van der Waals surface area contributed by atoms with E-state index in [9.17, 15) is 4.39 Å². The first kappa shape index (κ1) is 19.8. The third-order valence-corrected chi connectivity index (χ3v) is 4.40. The van der Waals surface area contributed by atoms with Gasteiger partial charge in [0.2, 0.25) is 0 Å². The average Bonchev–Trinajstić information content (AvgIpc) is 2.71. The van der Waals surface area contributed by atoms with Crippen LogP contribution in [-0.4, -0.2) is 17.8 Å². The van der Waals surface area contributed by atoms with Crippen molar-refractivity contribution in [1.82, 2.24) is 4.98 Å². The van der Waals surface area contributed by atoms with Crippen LogP contribution in [-0.2, 0) is 6.61 Å². The van der Waals surface area contributed by atoms with Crippen molar-refractivity contribution in [3.8, 4) is 11.5 Å². The van der Waals surface area contributed by atoms with E-state index >= 15 is 0 Å². The molecule has 0 aliphatic rings. The number of hydrazone groups is 1. The van der Waals surface area contributed by atoms with E-state index in [0.717, 1.165) is 15.6 Å².